The van der Waals surface area contributed by atoms with Crippen LogP contribution in [0, 0.1) is 25.2 Å². The number of aromatic nitrogens is 2. The Morgan fingerprint density at radius 1 is 1.21 bits per heavy atom. The van der Waals surface area contributed by atoms with Gasteiger partial charge in [-0.1, -0.05) is 12.1 Å². The maximum atomic E-state index is 12.9. The fourth-order valence-corrected chi connectivity index (χ4v) is 4.85. The number of fused-ring (bicyclic) bond motifs is 1. The van der Waals surface area contributed by atoms with E-state index < -0.39 is 0 Å². The second-order valence-corrected chi connectivity index (χ2v) is 8.99. The molecule has 2 heterocycles. The third kappa shape index (κ3) is 4.60. The van der Waals surface area contributed by atoms with Crippen LogP contribution < -0.4 is 10.1 Å². The van der Waals surface area contributed by atoms with Crippen molar-refractivity contribution in [2.45, 2.75) is 20.4 Å². The lowest BCUT2D eigenvalue weighted by Gasteiger charge is -2.17. The number of nitriles is 1. The lowest BCUT2D eigenvalue weighted by Crippen LogP contribution is -2.30. The highest BCUT2D eigenvalue weighted by Crippen LogP contribution is 2.31. The summed E-state index contributed by atoms with van der Waals surface area (Å²) in [6.07, 6.45) is 0. The van der Waals surface area contributed by atoms with Crippen LogP contribution in [0.15, 0.2) is 48.5 Å². The van der Waals surface area contributed by atoms with Gasteiger partial charge in [0.05, 0.1) is 36.0 Å². The number of para-hydroxylation sites is 1. The fourth-order valence-electron chi connectivity index (χ4n) is 3.81. The van der Waals surface area contributed by atoms with Crippen molar-refractivity contribution in [3.8, 4) is 17.5 Å². The van der Waals surface area contributed by atoms with Gasteiger partial charge in [0, 0.05) is 11.4 Å². The molecule has 4 aromatic rings. The quantitative estimate of drug-likeness (QED) is 0.435. The number of amides is 1. The van der Waals surface area contributed by atoms with Crippen LogP contribution in [0.5, 0.6) is 5.75 Å². The van der Waals surface area contributed by atoms with Crippen molar-refractivity contribution in [3.63, 3.8) is 0 Å². The first-order valence-electron chi connectivity index (χ1n) is 10.5. The molecule has 1 N–H and O–H groups in total. The standard InChI is InChI=1S/C25H25N5O2S/c1-16-17(2)30(18-9-11-19(32-4)12-10-18)25(20(16)13-26)28-23(31)14-29(3)15-24-27-21-7-5-6-8-22(21)33-24/h5-12H,14-15H2,1-4H3,(H,28,31). The molecule has 168 valence electrons. The number of carbonyl (C=O) groups is 1. The van der Waals surface area contributed by atoms with E-state index in [9.17, 15) is 10.1 Å². The number of nitrogens with zero attached hydrogens (tertiary/aromatic N) is 4. The van der Waals surface area contributed by atoms with Crippen molar-refractivity contribution in [3.05, 3.63) is 70.4 Å². The number of thiazole rings is 1. The molecule has 8 heteroatoms. The van der Waals surface area contributed by atoms with Crippen molar-refractivity contribution in [1.82, 2.24) is 14.5 Å². The number of methoxy groups -OCH3 is 1. The Morgan fingerprint density at radius 2 is 1.94 bits per heavy atom. The maximum Gasteiger partial charge on any atom is 0.239 e. The minimum atomic E-state index is -0.192. The fraction of sp³-hybridized carbons (Fsp3) is 0.240. The lowest BCUT2D eigenvalue weighted by molar-refractivity contribution is -0.117. The smallest absolute Gasteiger partial charge is 0.239 e. The van der Waals surface area contributed by atoms with Crippen LogP contribution in [0.3, 0.4) is 0 Å². The molecule has 0 radical (unpaired) electrons. The monoisotopic (exact) mass is 459 g/mol. The SMILES string of the molecule is COc1ccc(-n2c(C)c(C)c(C#N)c2NC(=O)CN(C)Cc2nc3ccccc3s2)cc1. The average molecular weight is 460 g/mol. The molecule has 0 saturated carbocycles. The predicted octanol–water partition coefficient (Wildman–Crippen LogP) is 4.65. The summed E-state index contributed by atoms with van der Waals surface area (Å²) in [7, 11) is 3.50. The Hall–Kier alpha value is -3.67. The van der Waals surface area contributed by atoms with E-state index in [0.29, 0.717) is 17.9 Å². The largest absolute Gasteiger partial charge is 0.497 e. The van der Waals surface area contributed by atoms with Gasteiger partial charge in [-0.05, 0) is 62.9 Å². The molecule has 0 aliphatic carbocycles. The van der Waals surface area contributed by atoms with Crippen molar-refractivity contribution < 1.29 is 9.53 Å². The molecule has 0 fully saturated rings. The number of hydrogen-bond donors (Lipinski definition) is 1. The Labute approximate surface area is 196 Å². The number of rotatable bonds is 7. The average Bonchev–Trinajstić information content (AvgIpc) is 3.31. The molecule has 0 bridgehead atoms. The normalized spacial score (nSPS) is 11.0. The van der Waals surface area contributed by atoms with Gasteiger partial charge in [-0.25, -0.2) is 4.98 Å². The number of hydrogen-bond acceptors (Lipinski definition) is 6. The third-order valence-corrected chi connectivity index (χ3v) is 6.59. The van der Waals surface area contributed by atoms with Gasteiger partial charge in [-0.3, -0.25) is 14.3 Å². The van der Waals surface area contributed by atoms with E-state index in [1.807, 2.05) is 78.9 Å². The first-order valence-corrected chi connectivity index (χ1v) is 11.3. The molecule has 2 aromatic heterocycles. The molecule has 2 aromatic carbocycles. The molecule has 33 heavy (non-hydrogen) atoms. The van der Waals surface area contributed by atoms with Gasteiger partial charge in [0.2, 0.25) is 5.91 Å². The molecule has 0 spiro atoms. The van der Waals surface area contributed by atoms with Crippen LogP contribution in [0.2, 0.25) is 0 Å². The highest BCUT2D eigenvalue weighted by atomic mass is 32.1. The summed E-state index contributed by atoms with van der Waals surface area (Å²) >= 11 is 1.63. The van der Waals surface area contributed by atoms with E-state index in [4.69, 9.17) is 4.74 Å². The van der Waals surface area contributed by atoms with E-state index in [1.54, 1.807) is 18.4 Å². The molecule has 0 unspecified atom stereocenters. The number of nitrogens with one attached hydrogen (secondary N) is 1. The highest BCUT2D eigenvalue weighted by Gasteiger charge is 2.21. The zero-order chi connectivity index (χ0) is 23.5. The molecule has 7 nitrogen and oxygen atoms in total. The minimum Gasteiger partial charge on any atom is -0.497 e. The van der Waals surface area contributed by atoms with Crippen molar-refractivity contribution in [2.24, 2.45) is 0 Å². The Balaban J connectivity index is 1.54. The molecule has 0 saturated heterocycles. The van der Waals surface area contributed by atoms with Gasteiger partial charge in [0.15, 0.2) is 0 Å². The molecule has 0 aliphatic rings. The highest BCUT2D eigenvalue weighted by molar-refractivity contribution is 7.18. The number of ether oxygens (including phenoxy) is 1. The number of likely N-dealkylation sites (N-methyl/N-ethyl adjacent to an activating group) is 1. The van der Waals surface area contributed by atoms with Gasteiger partial charge in [-0.2, -0.15) is 5.26 Å². The minimum absolute atomic E-state index is 0.173. The summed E-state index contributed by atoms with van der Waals surface area (Å²) in [6, 6.07) is 17.8. The summed E-state index contributed by atoms with van der Waals surface area (Å²) in [5.41, 5.74) is 4.01. The number of benzene rings is 2. The van der Waals surface area contributed by atoms with E-state index in [-0.39, 0.29) is 12.5 Å². The van der Waals surface area contributed by atoms with Gasteiger partial charge < -0.3 is 10.1 Å². The molecule has 0 atom stereocenters. The second kappa shape index (κ2) is 9.45. The van der Waals surface area contributed by atoms with E-state index in [1.165, 1.54) is 0 Å². The third-order valence-electron chi connectivity index (χ3n) is 5.57. The van der Waals surface area contributed by atoms with Crippen LogP contribution >= 0.6 is 11.3 Å². The summed E-state index contributed by atoms with van der Waals surface area (Å²) < 4.78 is 8.28. The predicted molar refractivity (Wildman–Crippen MR) is 131 cm³/mol. The topological polar surface area (TPSA) is 83.2 Å². The summed E-state index contributed by atoms with van der Waals surface area (Å²) in [5.74, 6) is 1.03. The molecule has 0 aliphatic heterocycles. The van der Waals surface area contributed by atoms with Gasteiger partial charge in [0.25, 0.3) is 0 Å². The molecule has 1 amide bonds. The first kappa shape index (κ1) is 22.5. The van der Waals surface area contributed by atoms with E-state index >= 15 is 0 Å². The van der Waals surface area contributed by atoms with Gasteiger partial charge in [0.1, 0.15) is 22.6 Å². The van der Waals surface area contributed by atoms with Crippen molar-refractivity contribution in [2.75, 3.05) is 26.0 Å². The number of anilines is 1. The van der Waals surface area contributed by atoms with E-state index in [0.717, 1.165) is 37.9 Å². The summed E-state index contributed by atoms with van der Waals surface area (Å²) in [6.45, 7) is 4.57. The van der Waals surface area contributed by atoms with E-state index in [2.05, 4.69) is 16.4 Å². The van der Waals surface area contributed by atoms with Crippen molar-refractivity contribution in [1.29, 1.82) is 5.26 Å². The molecular weight excluding hydrogens is 434 g/mol. The first-order chi connectivity index (χ1) is 15.9. The summed E-state index contributed by atoms with van der Waals surface area (Å²) in [5, 5.41) is 13.7. The van der Waals surface area contributed by atoms with Crippen molar-refractivity contribution >= 4 is 33.3 Å². The molecular formula is C25H25N5O2S. The lowest BCUT2D eigenvalue weighted by atomic mass is 10.2. The molecule has 4 rings (SSSR count). The zero-order valence-electron chi connectivity index (χ0n) is 19.0. The Morgan fingerprint density at radius 3 is 2.61 bits per heavy atom. The maximum absolute atomic E-state index is 12.9. The second-order valence-electron chi connectivity index (χ2n) is 7.88. The number of carbonyl (C=O) groups excluding carboxylic acids is 1. The van der Waals surface area contributed by atoms with Crippen LogP contribution in [0.25, 0.3) is 15.9 Å². The van der Waals surface area contributed by atoms with Crippen LogP contribution in [-0.4, -0.2) is 41.1 Å². The summed E-state index contributed by atoms with van der Waals surface area (Å²) in [4.78, 5) is 19.5. The van der Waals surface area contributed by atoms with Gasteiger partial charge in [-0.15, -0.1) is 11.3 Å². The zero-order valence-corrected chi connectivity index (χ0v) is 19.9. The Kier molecular flexibility index (Phi) is 6.45. The van der Waals surface area contributed by atoms with Gasteiger partial charge >= 0.3 is 0 Å². The van der Waals surface area contributed by atoms with Crippen LogP contribution in [-0.2, 0) is 11.3 Å². The Bertz CT molecular complexity index is 1310. The van der Waals surface area contributed by atoms with Crippen LogP contribution in [0.4, 0.5) is 5.82 Å². The van der Waals surface area contributed by atoms with Crippen LogP contribution in [0.1, 0.15) is 21.8 Å².